The first-order valence-corrected chi connectivity index (χ1v) is 18.7. The van der Waals surface area contributed by atoms with Gasteiger partial charge < -0.3 is 29.1 Å². The molecule has 52 heavy (non-hydrogen) atoms. The number of hydrogen-bond donors (Lipinski definition) is 1. The summed E-state index contributed by atoms with van der Waals surface area (Å²) in [5, 5.41) is 9.66. The van der Waals surface area contributed by atoms with Crippen LogP contribution in [0.3, 0.4) is 0 Å². The molecule has 0 saturated carbocycles. The van der Waals surface area contributed by atoms with Crippen LogP contribution in [0.15, 0.2) is 67.0 Å². The molecule has 1 atom stereocenters. The lowest BCUT2D eigenvalue weighted by Gasteiger charge is -2.28. The summed E-state index contributed by atoms with van der Waals surface area (Å²) in [6.07, 6.45) is 6.63. The minimum absolute atomic E-state index is 0.0408. The number of benzene rings is 3. The van der Waals surface area contributed by atoms with Gasteiger partial charge >= 0.3 is 5.97 Å². The molecule has 1 aromatic heterocycles. The van der Waals surface area contributed by atoms with E-state index in [1.54, 1.807) is 12.4 Å². The van der Waals surface area contributed by atoms with Crippen molar-refractivity contribution >= 4 is 17.6 Å². The number of carboxylic acid groups (broad SMARTS) is 1. The largest absolute Gasteiger partial charge is 0.493 e. The van der Waals surface area contributed by atoms with Gasteiger partial charge in [0.1, 0.15) is 36.1 Å². The predicted octanol–water partition coefficient (Wildman–Crippen LogP) is 8.77. The van der Waals surface area contributed by atoms with Gasteiger partial charge in [-0.1, -0.05) is 41.9 Å². The molecule has 3 aromatic carbocycles. The summed E-state index contributed by atoms with van der Waals surface area (Å²) in [6.45, 7) is 8.48. The van der Waals surface area contributed by atoms with Gasteiger partial charge in [-0.05, 0) is 105 Å². The Kier molecular flexibility index (Phi) is 12.7. The molecule has 8 nitrogen and oxygen atoms in total. The predicted molar refractivity (Wildman–Crippen MR) is 202 cm³/mol. The molecular formula is C42H49ClFN3O5. The number of fused-ring (bicyclic) bond motifs is 1. The van der Waals surface area contributed by atoms with Gasteiger partial charge in [-0.25, -0.2) is 4.39 Å². The summed E-state index contributed by atoms with van der Waals surface area (Å²) in [4.78, 5) is 19.8. The van der Waals surface area contributed by atoms with Gasteiger partial charge in [-0.15, -0.1) is 0 Å². The third-order valence-corrected chi connectivity index (χ3v) is 10.3. The van der Waals surface area contributed by atoms with Crippen molar-refractivity contribution in [1.82, 2.24) is 14.8 Å². The number of aliphatic carboxylic acids is 1. The average molecular weight is 730 g/mol. The monoisotopic (exact) mass is 729 g/mol. The molecule has 0 bridgehead atoms. The number of hydrogen-bond acceptors (Lipinski definition) is 7. The van der Waals surface area contributed by atoms with E-state index in [-0.39, 0.29) is 12.5 Å². The van der Waals surface area contributed by atoms with E-state index in [4.69, 9.17) is 25.8 Å². The van der Waals surface area contributed by atoms with Crippen LogP contribution in [0.2, 0.25) is 5.02 Å². The Morgan fingerprint density at radius 1 is 1.00 bits per heavy atom. The topological polar surface area (TPSA) is 84.4 Å². The molecule has 0 radical (unpaired) electrons. The molecular weight excluding hydrogens is 681 g/mol. The van der Waals surface area contributed by atoms with Crippen molar-refractivity contribution in [2.75, 3.05) is 39.8 Å². The van der Waals surface area contributed by atoms with Crippen molar-refractivity contribution in [3.05, 3.63) is 105 Å². The third kappa shape index (κ3) is 9.62. The number of carbonyl (C=O) groups is 1. The first kappa shape index (κ1) is 37.6. The maximum atomic E-state index is 13.5. The third-order valence-electron chi connectivity index (χ3n) is 10.0. The molecule has 1 aliphatic heterocycles. The summed E-state index contributed by atoms with van der Waals surface area (Å²) in [5.41, 5.74) is 8.68. The minimum atomic E-state index is -0.841. The van der Waals surface area contributed by atoms with Gasteiger partial charge in [0.25, 0.3) is 0 Å². The zero-order chi connectivity index (χ0) is 36.6. The summed E-state index contributed by atoms with van der Waals surface area (Å²) in [6, 6.07) is 18.4. The van der Waals surface area contributed by atoms with E-state index in [0.717, 1.165) is 78.0 Å². The van der Waals surface area contributed by atoms with Crippen molar-refractivity contribution in [3.8, 4) is 28.4 Å². The van der Waals surface area contributed by atoms with Gasteiger partial charge in [-0.2, -0.15) is 0 Å². The smallest absolute Gasteiger partial charge is 0.304 e. The van der Waals surface area contributed by atoms with Crippen LogP contribution in [-0.4, -0.2) is 71.9 Å². The Balaban J connectivity index is 1.17. The van der Waals surface area contributed by atoms with Crippen LogP contribution >= 0.6 is 11.6 Å². The summed E-state index contributed by atoms with van der Waals surface area (Å²) < 4.78 is 32.8. The van der Waals surface area contributed by atoms with Crippen LogP contribution in [0.4, 0.5) is 4.39 Å². The Bertz CT molecular complexity index is 1850. The molecule has 10 heteroatoms. The zero-order valence-electron chi connectivity index (χ0n) is 30.4. The van der Waals surface area contributed by atoms with E-state index >= 15 is 0 Å². The van der Waals surface area contributed by atoms with Gasteiger partial charge in [0.15, 0.2) is 0 Å². The van der Waals surface area contributed by atoms with Crippen molar-refractivity contribution in [1.29, 1.82) is 0 Å². The van der Waals surface area contributed by atoms with E-state index in [1.807, 2.05) is 43.1 Å². The SMILES string of the molecule is Cc1cncc(COc2cc(O[C@H]3CCc4c(-c5cccc(OCCCN6CCC(F)CC6)c5C)cccc43)c(Cl)cc2CN(C)CCC(=O)O)c1. The molecule has 1 N–H and O–H groups in total. The van der Waals surface area contributed by atoms with Crippen molar-refractivity contribution in [3.63, 3.8) is 0 Å². The van der Waals surface area contributed by atoms with Crippen molar-refractivity contribution < 1.29 is 28.5 Å². The number of likely N-dealkylation sites (tertiary alicyclic amines) is 1. The second kappa shape index (κ2) is 17.6. The fourth-order valence-electron chi connectivity index (χ4n) is 7.24. The van der Waals surface area contributed by atoms with Crippen LogP contribution in [0.5, 0.6) is 17.2 Å². The van der Waals surface area contributed by atoms with E-state index < -0.39 is 12.1 Å². The number of aryl methyl sites for hydroxylation is 1. The van der Waals surface area contributed by atoms with E-state index in [2.05, 4.69) is 47.1 Å². The second-order valence-electron chi connectivity index (χ2n) is 14.1. The summed E-state index contributed by atoms with van der Waals surface area (Å²) >= 11 is 6.89. The lowest BCUT2D eigenvalue weighted by Crippen LogP contribution is -2.35. The minimum Gasteiger partial charge on any atom is -0.493 e. The Labute approximate surface area is 311 Å². The quantitative estimate of drug-likeness (QED) is 0.115. The summed E-state index contributed by atoms with van der Waals surface area (Å²) in [7, 11) is 1.88. The molecule has 1 fully saturated rings. The number of pyridine rings is 1. The van der Waals surface area contributed by atoms with Gasteiger partial charge in [0.2, 0.25) is 0 Å². The first-order valence-electron chi connectivity index (χ1n) is 18.3. The number of alkyl halides is 1. The van der Waals surface area contributed by atoms with Crippen molar-refractivity contribution in [2.45, 2.75) is 77.8 Å². The van der Waals surface area contributed by atoms with Gasteiger partial charge in [-0.3, -0.25) is 9.78 Å². The molecule has 2 heterocycles. The van der Waals surface area contributed by atoms with Crippen LogP contribution in [0.1, 0.15) is 71.6 Å². The van der Waals surface area contributed by atoms with E-state index in [1.165, 1.54) is 11.1 Å². The Hall–Kier alpha value is -4.18. The van der Waals surface area contributed by atoms with E-state index in [0.29, 0.717) is 55.7 Å². The summed E-state index contributed by atoms with van der Waals surface area (Å²) in [5.74, 6) is 1.22. The van der Waals surface area contributed by atoms with Crippen LogP contribution in [0.25, 0.3) is 11.1 Å². The molecule has 1 saturated heterocycles. The van der Waals surface area contributed by atoms with E-state index in [9.17, 15) is 14.3 Å². The molecule has 4 aromatic rings. The number of aromatic nitrogens is 1. The zero-order valence-corrected chi connectivity index (χ0v) is 31.1. The Morgan fingerprint density at radius 3 is 2.58 bits per heavy atom. The van der Waals surface area contributed by atoms with Gasteiger partial charge in [0.05, 0.1) is 18.1 Å². The second-order valence-corrected chi connectivity index (χ2v) is 14.5. The molecule has 2 aliphatic rings. The number of carboxylic acids is 1. The fraction of sp³-hybridized carbons (Fsp3) is 0.429. The average Bonchev–Trinajstić information content (AvgIpc) is 3.54. The molecule has 0 unspecified atom stereocenters. The lowest BCUT2D eigenvalue weighted by molar-refractivity contribution is -0.137. The highest BCUT2D eigenvalue weighted by Gasteiger charge is 2.28. The lowest BCUT2D eigenvalue weighted by atomic mass is 9.93. The number of rotatable bonds is 16. The molecule has 276 valence electrons. The molecule has 6 rings (SSSR count). The highest BCUT2D eigenvalue weighted by molar-refractivity contribution is 6.32. The number of nitrogens with zero attached hydrogens (tertiary/aromatic N) is 3. The molecule has 0 amide bonds. The first-order chi connectivity index (χ1) is 25.1. The Morgan fingerprint density at radius 2 is 1.79 bits per heavy atom. The number of halogens is 2. The molecule has 1 aliphatic carbocycles. The maximum Gasteiger partial charge on any atom is 0.304 e. The highest BCUT2D eigenvalue weighted by atomic mass is 35.5. The van der Waals surface area contributed by atoms with Crippen LogP contribution < -0.4 is 14.2 Å². The number of ether oxygens (including phenoxy) is 3. The van der Waals surface area contributed by atoms with Crippen LogP contribution in [-0.2, 0) is 24.4 Å². The fourth-order valence-corrected chi connectivity index (χ4v) is 7.47. The van der Waals surface area contributed by atoms with Crippen LogP contribution in [0, 0.1) is 13.8 Å². The normalized spacial score (nSPS) is 16.2. The van der Waals surface area contributed by atoms with Gasteiger partial charge in [0, 0.05) is 62.3 Å². The highest BCUT2D eigenvalue weighted by Crippen LogP contribution is 2.44. The standard InChI is InChI=1S/C42H49ClFN3O5/c1-28-21-30(25-45-24-28)27-51-40-23-41(37(43)22-31(40)26-46(3)17-15-42(48)49)52-39-12-11-35-34(8-4-9-36(35)39)33-7-5-10-38(29(33)2)50-20-6-16-47-18-13-32(44)14-19-47/h4-5,7-10,21-25,32,39H,6,11-20,26-27H2,1-3H3,(H,48,49)/t39-/m0/s1. The maximum absolute atomic E-state index is 13.5. The number of piperidine rings is 1. The molecule has 0 spiro atoms. The van der Waals surface area contributed by atoms with Crippen molar-refractivity contribution in [2.24, 2.45) is 0 Å².